The Bertz CT molecular complexity index is 1000. The maximum atomic E-state index is 13.5. The minimum absolute atomic E-state index is 0.234. The van der Waals surface area contributed by atoms with Crippen molar-refractivity contribution in [1.29, 1.82) is 0 Å². The first-order chi connectivity index (χ1) is 14.5. The molecule has 3 amide bonds. The number of nitrogens with two attached hydrogens (primary N) is 1. The minimum Gasteiger partial charge on any atom is -0.444 e. The number of alkyl carbamates (subject to hydrolysis) is 1. The average Bonchev–Trinajstić information content (AvgIpc) is 2.80. The van der Waals surface area contributed by atoms with E-state index in [1.54, 1.807) is 56.0 Å². The Hall–Kier alpha value is -2.71. The Balaban J connectivity index is 1.95. The zero-order chi connectivity index (χ0) is 22.8. The predicted octanol–water partition coefficient (Wildman–Crippen LogP) is 3.97. The second kappa shape index (κ2) is 9.20. The topological polar surface area (TPSA) is 102 Å². The lowest BCUT2D eigenvalue weighted by atomic mass is 10.1. The fourth-order valence-corrected chi connectivity index (χ4v) is 4.22. The molecule has 3 N–H and O–H groups in total. The molecule has 9 heteroatoms. The number of hydrogen-bond acceptors (Lipinski definition) is 5. The van der Waals surface area contributed by atoms with Gasteiger partial charge < -0.3 is 20.7 Å². The molecule has 2 aromatic carbocycles. The van der Waals surface area contributed by atoms with Gasteiger partial charge in [0.1, 0.15) is 11.6 Å². The van der Waals surface area contributed by atoms with Gasteiger partial charge in [0.2, 0.25) is 5.91 Å². The molecule has 0 radical (unpaired) electrons. The van der Waals surface area contributed by atoms with Crippen LogP contribution in [0.2, 0.25) is 5.02 Å². The van der Waals surface area contributed by atoms with Gasteiger partial charge in [-0.1, -0.05) is 23.7 Å². The van der Waals surface area contributed by atoms with Gasteiger partial charge in [0.05, 0.1) is 12.2 Å². The van der Waals surface area contributed by atoms with Gasteiger partial charge in [0, 0.05) is 21.2 Å². The van der Waals surface area contributed by atoms with E-state index < -0.39 is 23.6 Å². The molecule has 1 aliphatic heterocycles. The molecular formula is C22H24ClN3O4S. The van der Waals surface area contributed by atoms with E-state index in [-0.39, 0.29) is 12.5 Å². The molecule has 1 atom stereocenters. The van der Waals surface area contributed by atoms with E-state index in [1.807, 2.05) is 12.1 Å². The van der Waals surface area contributed by atoms with Crippen LogP contribution in [-0.2, 0) is 16.1 Å². The minimum atomic E-state index is -0.809. The third-order valence-corrected chi connectivity index (χ3v) is 5.86. The maximum absolute atomic E-state index is 13.5. The normalized spacial score (nSPS) is 16.3. The van der Waals surface area contributed by atoms with E-state index in [1.165, 1.54) is 11.8 Å². The fourth-order valence-electron chi connectivity index (χ4n) is 3.04. The molecule has 1 heterocycles. The van der Waals surface area contributed by atoms with Crippen LogP contribution in [0.3, 0.4) is 0 Å². The molecule has 1 aliphatic rings. The summed E-state index contributed by atoms with van der Waals surface area (Å²) in [6.45, 7) is 5.50. The monoisotopic (exact) mass is 461 g/mol. The summed E-state index contributed by atoms with van der Waals surface area (Å²) in [7, 11) is 0. The van der Waals surface area contributed by atoms with Crippen LogP contribution in [0.25, 0.3) is 0 Å². The van der Waals surface area contributed by atoms with E-state index in [0.29, 0.717) is 22.0 Å². The van der Waals surface area contributed by atoms with Crippen molar-refractivity contribution in [2.45, 2.75) is 43.9 Å². The fraction of sp³-hybridized carbons (Fsp3) is 0.318. The summed E-state index contributed by atoms with van der Waals surface area (Å²) in [5, 5.41) is 3.26. The second-order valence-electron chi connectivity index (χ2n) is 8.11. The molecule has 0 fully saturated rings. The first-order valence-corrected chi connectivity index (χ1v) is 11.0. The Morgan fingerprint density at radius 2 is 1.90 bits per heavy atom. The van der Waals surface area contributed by atoms with Gasteiger partial charge in [-0.2, -0.15) is 0 Å². The van der Waals surface area contributed by atoms with Gasteiger partial charge in [-0.3, -0.25) is 9.59 Å². The van der Waals surface area contributed by atoms with Crippen LogP contribution >= 0.6 is 23.4 Å². The standard InChI is InChI=1S/C22H24ClN3O4S/c1-22(2,3)30-21(29)25-16-12-31-18-9-6-14(19(24)27)10-17(18)26(20(16)28)11-13-4-7-15(23)8-5-13/h4-10,16H,11-12H2,1-3H3,(H2,24,27)(H,25,29)/t16-/m0/s1. The third kappa shape index (κ3) is 5.92. The Labute approximate surface area is 190 Å². The third-order valence-electron chi connectivity index (χ3n) is 4.45. The van der Waals surface area contributed by atoms with Crippen LogP contribution in [0.1, 0.15) is 36.7 Å². The summed E-state index contributed by atoms with van der Waals surface area (Å²) in [5.74, 6) is -0.578. The highest BCUT2D eigenvalue weighted by molar-refractivity contribution is 7.99. The number of hydrogen-bond donors (Lipinski definition) is 2. The van der Waals surface area contributed by atoms with Crippen molar-refractivity contribution in [2.24, 2.45) is 5.73 Å². The average molecular weight is 462 g/mol. The number of anilines is 1. The molecule has 2 aromatic rings. The van der Waals surface area contributed by atoms with Gasteiger partial charge in [0.15, 0.2) is 0 Å². The SMILES string of the molecule is CC(C)(C)OC(=O)N[C@H]1CSc2ccc(C(N)=O)cc2N(Cc2ccc(Cl)cc2)C1=O. The number of halogens is 1. The van der Waals surface area contributed by atoms with Crippen molar-refractivity contribution >= 4 is 47.0 Å². The van der Waals surface area contributed by atoms with Crippen molar-refractivity contribution in [2.75, 3.05) is 10.7 Å². The van der Waals surface area contributed by atoms with E-state index in [4.69, 9.17) is 22.1 Å². The number of ether oxygens (including phenoxy) is 1. The molecule has 31 heavy (non-hydrogen) atoms. The molecule has 0 saturated heterocycles. The van der Waals surface area contributed by atoms with Crippen LogP contribution in [0.4, 0.5) is 10.5 Å². The molecule has 0 spiro atoms. The summed E-state index contributed by atoms with van der Waals surface area (Å²) in [4.78, 5) is 39.9. The van der Waals surface area contributed by atoms with Crippen molar-refractivity contribution in [3.63, 3.8) is 0 Å². The van der Waals surface area contributed by atoms with Crippen molar-refractivity contribution in [3.05, 3.63) is 58.6 Å². The number of thioether (sulfide) groups is 1. The molecule has 7 nitrogen and oxygen atoms in total. The van der Waals surface area contributed by atoms with Gasteiger partial charge in [-0.15, -0.1) is 11.8 Å². The van der Waals surface area contributed by atoms with E-state index >= 15 is 0 Å². The van der Waals surface area contributed by atoms with Crippen molar-refractivity contribution in [1.82, 2.24) is 5.32 Å². The molecule has 0 aliphatic carbocycles. The van der Waals surface area contributed by atoms with Gasteiger partial charge in [-0.25, -0.2) is 4.79 Å². The van der Waals surface area contributed by atoms with Crippen LogP contribution < -0.4 is 16.0 Å². The van der Waals surface area contributed by atoms with Gasteiger partial charge >= 0.3 is 6.09 Å². The summed E-state index contributed by atoms with van der Waals surface area (Å²) in [6.07, 6.45) is -0.665. The van der Waals surface area contributed by atoms with E-state index in [0.717, 1.165) is 10.5 Å². The van der Waals surface area contributed by atoms with Crippen LogP contribution in [-0.4, -0.2) is 35.3 Å². The van der Waals surface area contributed by atoms with Crippen LogP contribution in [0.15, 0.2) is 47.4 Å². The number of benzene rings is 2. The summed E-state index contributed by atoms with van der Waals surface area (Å²) >= 11 is 7.39. The lowest BCUT2D eigenvalue weighted by Crippen LogP contribution is -2.50. The Kier molecular flexibility index (Phi) is 6.81. The highest BCUT2D eigenvalue weighted by atomic mass is 35.5. The second-order valence-corrected chi connectivity index (χ2v) is 9.61. The molecular weight excluding hydrogens is 438 g/mol. The van der Waals surface area contributed by atoms with Crippen molar-refractivity contribution < 1.29 is 19.1 Å². The predicted molar refractivity (Wildman–Crippen MR) is 121 cm³/mol. The molecule has 164 valence electrons. The zero-order valence-electron chi connectivity index (χ0n) is 17.5. The number of nitrogens with zero attached hydrogens (tertiary/aromatic N) is 1. The highest BCUT2D eigenvalue weighted by Crippen LogP contribution is 2.36. The smallest absolute Gasteiger partial charge is 0.408 e. The Morgan fingerprint density at radius 1 is 1.23 bits per heavy atom. The number of carbonyl (C=O) groups is 3. The maximum Gasteiger partial charge on any atom is 0.408 e. The number of carbonyl (C=O) groups excluding carboxylic acids is 3. The van der Waals surface area contributed by atoms with Crippen LogP contribution in [0, 0.1) is 0 Å². The molecule has 0 saturated carbocycles. The highest BCUT2D eigenvalue weighted by Gasteiger charge is 2.33. The molecule has 0 bridgehead atoms. The largest absolute Gasteiger partial charge is 0.444 e. The van der Waals surface area contributed by atoms with E-state index in [2.05, 4.69) is 5.32 Å². The van der Waals surface area contributed by atoms with E-state index in [9.17, 15) is 14.4 Å². The Morgan fingerprint density at radius 3 is 2.52 bits per heavy atom. The van der Waals surface area contributed by atoms with Crippen molar-refractivity contribution in [3.8, 4) is 0 Å². The first-order valence-electron chi connectivity index (χ1n) is 9.65. The van der Waals surface area contributed by atoms with Gasteiger partial charge in [0.25, 0.3) is 5.91 Å². The summed E-state index contributed by atoms with van der Waals surface area (Å²) < 4.78 is 5.32. The number of amides is 3. The number of nitrogens with one attached hydrogen (secondary N) is 1. The quantitative estimate of drug-likeness (QED) is 0.717. The zero-order valence-corrected chi connectivity index (χ0v) is 19.0. The molecule has 3 rings (SSSR count). The van der Waals surface area contributed by atoms with Gasteiger partial charge in [-0.05, 0) is 56.7 Å². The summed E-state index contributed by atoms with van der Waals surface area (Å²) in [6, 6.07) is 11.3. The lowest BCUT2D eigenvalue weighted by molar-refractivity contribution is -0.120. The lowest BCUT2D eigenvalue weighted by Gasteiger charge is -2.27. The number of primary amides is 1. The number of rotatable bonds is 4. The van der Waals surface area contributed by atoms with Crippen LogP contribution in [0.5, 0.6) is 0 Å². The molecule has 0 aromatic heterocycles. The first kappa shape index (κ1) is 23.0. The number of fused-ring (bicyclic) bond motifs is 1. The summed E-state index contributed by atoms with van der Waals surface area (Å²) in [5.41, 5.74) is 6.47. The molecule has 0 unspecified atom stereocenters.